The van der Waals surface area contributed by atoms with Gasteiger partial charge in [-0.2, -0.15) is 0 Å². The molecule has 2 aromatic heterocycles. The highest BCUT2D eigenvalue weighted by atomic mass is 32.1. The number of rotatable bonds is 3. The van der Waals surface area contributed by atoms with E-state index in [1.165, 1.54) is 37.3 Å². The van der Waals surface area contributed by atoms with E-state index in [4.69, 9.17) is 0 Å². The lowest BCUT2D eigenvalue weighted by atomic mass is 9.79. The van der Waals surface area contributed by atoms with Crippen molar-refractivity contribution in [3.63, 3.8) is 0 Å². The van der Waals surface area contributed by atoms with Gasteiger partial charge in [-0.25, -0.2) is 4.98 Å². The van der Waals surface area contributed by atoms with Gasteiger partial charge in [-0.1, -0.05) is 0 Å². The second-order valence-electron chi connectivity index (χ2n) is 6.38. The van der Waals surface area contributed by atoms with Crippen LogP contribution in [0.2, 0.25) is 0 Å². The number of hydrogen-bond donors (Lipinski definition) is 1. The Kier molecular flexibility index (Phi) is 3.87. The molecule has 120 valence electrons. The highest BCUT2D eigenvalue weighted by Gasteiger charge is 2.40. The Morgan fingerprint density at radius 2 is 2.04 bits per heavy atom. The summed E-state index contributed by atoms with van der Waals surface area (Å²) in [4.78, 5) is 24.4. The zero-order chi connectivity index (χ0) is 15.8. The molecule has 3 fully saturated rings. The van der Waals surface area contributed by atoms with Gasteiger partial charge in [0.2, 0.25) is 0 Å². The van der Waals surface area contributed by atoms with E-state index in [2.05, 4.69) is 27.1 Å². The Morgan fingerprint density at radius 3 is 2.74 bits per heavy atom. The van der Waals surface area contributed by atoms with E-state index >= 15 is 0 Å². The fraction of sp³-hybridized carbons (Fsp3) is 0.471. The maximum Gasteiger partial charge on any atom is 0.280 e. The maximum absolute atomic E-state index is 12.6. The standard InChI is InChI=1S/C17H20N4OS/c1-11-15(13-4-8-21(11)9-5-13)20-16(22)17-19-10-14(23-17)12-2-6-18-7-3-12/h2-3,6-7,10-11,13,15H,4-5,8-9H2,1H3,(H,20,22)/t11-,15-/m0/s1. The molecule has 3 aliphatic heterocycles. The van der Waals surface area contributed by atoms with Crippen molar-refractivity contribution in [2.45, 2.75) is 31.8 Å². The molecule has 5 nitrogen and oxygen atoms in total. The third-order valence-corrected chi connectivity index (χ3v) is 6.19. The SMILES string of the molecule is C[C@H]1[C@H](NC(=O)c2ncc(-c3ccncc3)s2)C2CCN1CC2. The number of aromatic nitrogens is 2. The first-order valence-corrected chi connectivity index (χ1v) is 8.95. The van der Waals surface area contributed by atoms with E-state index in [-0.39, 0.29) is 11.9 Å². The average molecular weight is 328 g/mol. The van der Waals surface area contributed by atoms with Gasteiger partial charge in [0.1, 0.15) is 0 Å². The summed E-state index contributed by atoms with van der Waals surface area (Å²) in [5.74, 6) is 0.569. The van der Waals surface area contributed by atoms with Crippen LogP contribution >= 0.6 is 11.3 Å². The molecule has 3 saturated heterocycles. The Bertz CT molecular complexity index is 692. The molecule has 5 heterocycles. The minimum Gasteiger partial charge on any atom is -0.345 e. The summed E-state index contributed by atoms with van der Waals surface area (Å²) in [6.45, 7) is 4.56. The first-order valence-electron chi connectivity index (χ1n) is 8.13. The van der Waals surface area contributed by atoms with Crippen molar-refractivity contribution < 1.29 is 4.79 Å². The van der Waals surface area contributed by atoms with E-state index in [0.717, 1.165) is 10.4 Å². The van der Waals surface area contributed by atoms with E-state index < -0.39 is 0 Å². The van der Waals surface area contributed by atoms with E-state index in [1.807, 2.05) is 12.1 Å². The van der Waals surface area contributed by atoms with Gasteiger partial charge in [0.15, 0.2) is 5.01 Å². The van der Waals surface area contributed by atoms with Gasteiger partial charge in [0.25, 0.3) is 5.91 Å². The highest BCUT2D eigenvalue weighted by Crippen LogP contribution is 2.32. The van der Waals surface area contributed by atoms with Gasteiger partial charge in [0.05, 0.1) is 4.88 Å². The van der Waals surface area contributed by atoms with Crippen molar-refractivity contribution >= 4 is 17.2 Å². The van der Waals surface area contributed by atoms with Crippen LogP contribution in [-0.2, 0) is 0 Å². The van der Waals surface area contributed by atoms with Crippen LogP contribution in [-0.4, -0.2) is 45.9 Å². The molecule has 0 aromatic carbocycles. The van der Waals surface area contributed by atoms with Crippen LogP contribution in [0.4, 0.5) is 0 Å². The number of thiazole rings is 1. The van der Waals surface area contributed by atoms with Gasteiger partial charge in [-0.3, -0.25) is 14.7 Å². The fourth-order valence-electron chi connectivity index (χ4n) is 3.79. The zero-order valence-electron chi connectivity index (χ0n) is 13.1. The Balaban J connectivity index is 1.49. The van der Waals surface area contributed by atoms with Crippen molar-refractivity contribution in [2.75, 3.05) is 13.1 Å². The summed E-state index contributed by atoms with van der Waals surface area (Å²) >= 11 is 1.44. The van der Waals surface area contributed by atoms with Crippen molar-refractivity contribution in [1.82, 2.24) is 20.2 Å². The number of carbonyl (C=O) groups excluding carboxylic acids is 1. The Hall–Kier alpha value is -1.79. The molecular formula is C17H20N4OS. The monoisotopic (exact) mass is 328 g/mol. The minimum atomic E-state index is -0.0408. The molecule has 0 unspecified atom stereocenters. The minimum absolute atomic E-state index is 0.0408. The highest BCUT2D eigenvalue weighted by molar-refractivity contribution is 7.16. The molecule has 0 saturated carbocycles. The number of amides is 1. The number of fused-ring (bicyclic) bond motifs is 3. The van der Waals surface area contributed by atoms with E-state index in [0.29, 0.717) is 17.0 Å². The van der Waals surface area contributed by atoms with Crippen molar-refractivity contribution in [1.29, 1.82) is 0 Å². The van der Waals surface area contributed by atoms with Crippen LogP contribution in [0.15, 0.2) is 30.7 Å². The second-order valence-corrected chi connectivity index (χ2v) is 7.41. The summed E-state index contributed by atoms with van der Waals surface area (Å²) in [5, 5.41) is 3.78. The lowest BCUT2D eigenvalue weighted by Crippen LogP contribution is -2.62. The number of piperidine rings is 3. The number of nitrogens with one attached hydrogen (secondary N) is 1. The molecular weight excluding hydrogens is 308 g/mol. The summed E-state index contributed by atoms with van der Waals surface area (Å²) < 4.78 is 0. The van der Waals surface area contributed by atoms with Gasteiger partial charge in [-0.15, -0.1) is 11.3 Å². The van der Waals surface area contributed by atoms with Gasteiger partial charge in [0, 0.05) is 30.7 Å². The molecule has 0 spiro atoms. The van der Waals surface area contributed by atoms with Crippen molar-refractivity contribution in [2.24, 2.45) is 5.92 Å². The Labute approximate surface area is 139 Å². The molecule has 0 aliphatic carbocycles. The maximum atomic E-state index is 12.6. The molecule has 5 rings (SSSR count). The third kappa shape index (κ3) is 2.77. The number of hydrogen-bond acceptors (Lipinski definition) is 5. The van der Waals surface area contributed by atoms with Crippen LogP contribution in [0.5, 0.6) is 0 Å². The van der Waals surface area contributed by atoms with Crippen LogP contribution in [0.3, 0.4) is 0 Å². The molecule has 2 atom stereocenters. The number of pyridine rings is 1. The first-order chi connectivity index (χ1) is 11.2. The molecule has 1 N–H and O–H groups in total. The van der Waals surface area contributed by atoms with Gasteiger partial charge < -0.3 is 5.32 Å². The zero-order valence-corrected chi connectivity index (χ0v) is 13.9. The van der Waals surface area contributed by atoms with Gasteiger partial charge in [-0.05, 0) is 56.5 Å². The lowest BCUT2D eigenvalue weighted by molar-refractivity contribution is 0.0217. The predicted molar refractivity (Wildman–Crippen MR) is 90.4 cm³/mol. The topological polar surface area (TPSA) is 58.1 Å². The van der Waals surface area contributed by atoms with Crippen LogP contribution in [0.25, 0.3) is 10.4 Å². The second kappa shape index (κ2) is 6.02. The fourth-order valence-corrected chi connectivity index (χ4v) is 4.61. The van der Waals surface area contributed by atoms with Gasteiger partial charge >= 0.3 is 0 Å². The van der Waals surface area contributed by atoms with Crippen LogP contribution in [0.1, 0.15) is 29.6 Å². The van der Waals surface area contributed by atoms with E-state index in [9.17, 15) is 4.79 Å². The summed E-state index contributed by atoms with van der Waals surface area (Å²) in [6.07, 6.45) is 7.66. The lowest BCUT2D eigenvalue weighted by Gasteiger charge is -2.49. The summed E-state index contributed by atoms with van der Waals surface area (Å²) in [5.41, 5.74) is 1.05. The largest absolute Gasteiger partial charge is 0.345 e. The van der Waals surface area contributed by atoms with Crippen LogP contribution in [0, 0.1) is 5.92 Å². The van der Waals surface area contributed by atoms with Crippen molar-refractivity contribution in [3.05, 3.63) is 35.7 Å². The average Bonchev–Trinajstić information content (AvgIpc) is 3.09. The summed E-state index contributed by atoms with van der Waals surface area (Å²) in [6, 6.07) is 4.54. The molecule has 6 heteroatoms. The third-order valence-electron chi connectivity index (χ3n) is 5.14. The molecule has 23 heavy (non-hydrogen) atoms. The predicted octanol–water partition coefficient (Wildman–Crippen LogP) is 2.42. The molecule has 2 aromatic rings. The molecule has 1 amide bonds. The number of carbonyl (C=O) groups is 1. The first kappa shape index (κ1) is 14.8. The Morgan fingerprint density at radius 1 is 1.30 bits per heavy atom. The molecule has 3 aliphatic rings. The normalized spacial score (nSPS) is 29.4. The quantitative estimate of drug-likeness (QED) is 0.940. The molecule has 2 bridgehead atoms. The van der Waals surface area contributed by atoms with Crippen LogP contribution < -0.4 is 5.32 Å². The van der Waals surface area contributed by atoms with Crippen molar-refractivity contribution in [3.8, 4) is 10.4 Å². The number of nitrogens with zero attached hydrogens (tertiary/aromatic N) is 3. The summed E-state index contributed by atoms with van der Waals surface area (Å²) in [7, 11) is 0. The van der Waals surface area contributed by atoms with E-state index in [1.54, 1.807) is 18.6 Å². The smallest absolute Gasteiger partial charge is 0.280 e. The molecule has 0 radical (unpaired) electrons.